The van der Waals surface area contributed by atoms with Gasteiger partial charge in [-0.2, -0.15) is 4.31 Å². The third kappa shape index (κ3) is 4.67. The van der Waals surface area contributed by atoms with Crippen molar-refractivity contribution < 1.29 is 17.9 Å². The lowest BCUT2D eigenvalue weighted by atomic mass is 9.85. The molecular weight excluding hydrogens is 440 g/mol. The highest BCUT2D eigenvalue weighted by atomic mass is 79.9. The summed E-state index contributed by atoms with van der Waals surface area (Å²) in [4.78, 5) is 12.4. The highest BCUT2D eigenvalue weighted by molar-refractivity contribution is 9.11. The molecule has 3 heterocycles. The molecule has 9 heteroatoms. The molecule has 1 amide bonds. The van der Waals surface area contributed by atoms with E-state index in [0.29, 0.717) is 36.7 Å². The Kier molecular flexibility index (Phi) is 6.77. The minimum Gasteiger partial charge on any atom is -0.376 e. The van der Waals surface area contributed by atoms with E-state index in [1.807, 2.05) is 6.92 Å². The molecule has 3 rings (SSSR count). The highest BCUT2D eigenvalue weighted by Crippen LogP contribution is 2.32. The number of nitrogens with zero attached hydrogens (tertiary/aromatic N) is 1. The molecule has 146 valence electrons. The van der Waals surface area contributed by atoms with E-state index in [2.05, 4.69) is 21.2 Å². The Balaban J connectivity index is 1.50. The predicted molar refractivity (Wildman–Crippen MR) is 105 cm³/mol. The number of piperidine rings is 1. The molecular formula is C17H25BrN2O4S2. The largest absolute Gasteiger partial charge is 0.376 e. The van der Waals surface area contributed by atoms with Gasteiger partial charge in [0.2, 0.25) is 5.91 Å². The van der Waals surface area contributed by atoms with Crippen LogP contribution in [0.3, 0.4) is 0 Å². The Morgan fingerprint density at radius 2 is 2.12 bits per heavy atom. The summed E-state index contributed by atoms with van der Waals surface area (Å²) in [5, 5.41) is 2.99. The van der Waals surface area contributed by atoms with E-state index in [9.17, 15) is 13.2 Å². The molecule has 0 aromatic carbocycles. The maximum Gasteiger partial charge on any atom is 0.252 e. The van der Waals surface area contributed by atoms with Crippen molar-refractivity contribution in [3.05, 3.63) is 15.9 Å². The monoisotopic (exact) mass is 464 g/mol. The van der Waals surface area contributed by atoms with E-state index < -0.39 is 10.0 Å². The van der Waals surface area contributed by atoms with Gasteiger partial charge in [-0.25, -0.2) is 8.42 Å². The zero-order valence-electron chi connectivity index (χ0n) is 14.8. The number of rotatable bonds is 6. The van der Waals surface area contributed by atoms with E-state index >= 15 is 0 Å². The number of amides is 1. The van der Waals surface area contributed by atoms with Gasteiger partial charge in [-0.05, 0) is 59.7 Å². The lowest BCUT2D eigenvalue weighted by molar-refractivity contribution is -0.127. The Labute approximate surface area is 167 Å². The SMILES string of the molecule is C[C@H](C(=O)NC[C@@H]1CCCO1)C1CCN(S(=O)(=O)c2ccc(Br)s2)CC1. The summed E-state index contributed by atoms with van der Waals surface area (Å²) in [6, 6.07) is 3.39. The van der Waals surface area contributed by atoms with Crippen molar-refractivity contribution in [2.75, 3.05) is 26.2 Å². The quantitative estimate of drug-likeness (QED) is 0.701. The molecule has 2 atom stereocenters. The normalized spacial score (nSPS) is 23.8. The molecule has 0 spiro atoms. The second-order valence-electron chi connectivity index (χ2n) is 6.97. The van der Waals surface area contributed by atoms with Gasteiger partial charge in [0.25, 0.3) is 10.0 Å². The van der Waals surface area contributed by atoms with Crippen LogP contribution in [0.1, 0.15) is 32.6 Å². The van der Waals surface area contributed by atoms with E-state index in [4.69, 9.17) is 4.74 Å². The number of carbonyl (C=O) groups excluding carboxylic acids is 1. The van der Waals surface area contributed by atoms with Gasteiger partial charge in [0.1, 0.15) is 4.21 Å². The summed E-state index contributed by atoms with van der Waals surface area (Å²) in [5.74, 6) is 0.141. The summed E-state index contributed by atoms with van der Waals surface area (Å²) < 4.78 is 33.6. The fourth-order valence-corrected chi connectivity index (χ4v) is 7.21. The van der Waals surface area contributed by atoms with E-state index in [0.717, 1.165) is 23.2 Å². The van der Waals surface area contributed by atoms with E-state index in [1.165, 1.54) is 11.3 Å². The number of hydrogen-bond donors (Lipinski definition) is 1. The molecule has 0 aliphatic carbocycles. The molecule has 1 N–H and O–H groups in total. The van der Waals surface area contributed by atoms with E-state index in [-0.39, 0.29) is 23.8 Å². The second kappa shape index (κ2) is 8.68. The third-order valence-corrected chi connectivity index (χ3v) is 9.28. The van der Waals surface area contributed by atoms with Crippen LogP contribution in [0.4, 0.5) is 0 Å². The van der Waals surface area contributed by atoms with Gasteiger partial charge in [-0.1, -0.05) is 6.92 Å². The fourth-order valence-electron chi connectivity index (χ4n) is 3.57. The Morgan fingerprint density at radius 1 is 1.38 bits per heavy atom. The third-order valence-electron chi connectivity index (χ3n) is 5.29. The number of halogens is 1. The van der Waals surface area contributed by atoms with Crippen LogP contribution in [0.2, 0.25) is 0 Å². The summed E-state index contributed by atoms with van der Waals surface area (Å²) in [5.41, 5.74) is 0. The molecule has 0 radical (unpaired) electrons. The standard InChI is InChI=1S/C17H25BrN2O4S2/c1-12(17(21)19-11-14-3-2-10-24-14)13-6-8-20(9-7-13)26(22,23)16-5-4-15(18)25-16/h4-5,12-14H,2-3,6-11H2,1H3,(H,19,21)/t12-,14-/m0/s1. The van der Waals surface area contributed by atoms with E-state index in [1.54, 1.807) is 16.4 Å². The zero-order valence-corrected chi connectivity index (χ0v) is 18.0. The van der Waals surface area contributed by atoms with Crippen LogP contribution in [-0.4, -0.2) is 51.0 Å². The summed E-state index contributed by atoms with van der Waals surface area (Å²) in [7, 11) is -3.43. The highest BCUT2D eigenvalue weighted by Gasteiger charge is 2.34. The summed E-state index contributed by atoms with van der Waals surface area (Å²) >= 11 is 4.54. The van der Waals surface area contributed by atoms with Crippen molar-refractivity contribution in [3.8, 4) is 0 Å². The van der Waals surface area contributed by atoms with Crippen LogP contribution in [0.25, 0.3) is 0 Å². The number of carbonyl (C=O) groups is 1. The molecule has 6 nitrogen and oxygen atoms in total. The van der Waals surface area contributed by atoms with Crippen molar-refractivity contribution in [1.29, 1.82) is 0 Å². The van der Waals surface area contributed by atoms with Gasteiger partial charge in [-0.15, -0.1) is 11.3 Å². The van der Waals surface area contributed by atoms with Gasteiger partial charge < -0.3 is 10.1 Å². The van der Waals surface area contributed by atoms with Crippen molar-refractivity contribution >= 4 is 43.2 Å². The van der Waals surface area contributed by atoms with Crippen LogP contribution in [-0.2, 0) is 19.6 Å². The number of ether oxygens (including phenoxy) is 1. The first-order valence-corrected chi connectivity index (χ1v) is 12.1. The number of hydrogen-bond acceptors (Lipinski definition) is 5. The van der Waals surface area contributed by atoms with Crippen molar-refractivity contribution in [2.24, 2.45) is 11.8 Å². The van der Waals surface area contributed by atoms with Crippen LogP contribution in [0.15, 0.2) is 20.1 Å². The van der Waals surface area contributed by atoms with Crippen LogP contribution in [0, 0.1) is 11.8 Å². The van der Waals surface area contributed by atoms with Gasteiger partial charge in [-0.3, -0.25) is 4.79 Å². The topological polar surface area (TPSA) is 75.7 Å². The van der Waals surface area contributed by atoms with Crippen LogP contribution < -0.4 is 5.32 Å². The minimum absolute atomic E-state index is 0.0454. The average molecular weight is 465 g/mol. The first-order valence-electron chi connectivity index (χ1n) is 9.02. The van der Waals surface area contributed by atoms with Gasteiger partial charge in [0.05, 0.1) is 9.89 Å². The van der Waals surface area contributed by atoms with Crippen LogP contribution >= 0.6 is 27.3 Å². The van der Waals surface area contributed by atoms with Gasteiger partial charge in [0, 0.05) is 32.2 Å². The average Bonchev–Trinajstić information content (AvgIpc) is 3.31. The number of sulfonamides is 1. The molecule has 2 saturated heterocycles. The summed E-state index contributed by atoms with van der Waals surface area (Å²) in [6.07, 6.45) is 3.62. The molecule has 0 bridgehead atoms. The van der Waals surface area contributed by atoms with Crippen LogP contribution in [0.5, 0.6) is 0 Å². The van der Waals surface area contributed by atoms with Gasteiger partial charge in [0.15, 0.2) is 0 Å². The summed E-state index contributed by atoms with van der Waals surface area (Å²) in [6.45, 7) is 4.22. The number of thiophene rings is 1. The molecule has 2 fully saturated rings. The molecule has 0 unspecified atom stereocenters. The molecule has 0 saturated carbocycles. The lowest BCUT2D eigenvalue weighted by Crippen LogP contribution is -2.43. The van der Waals surface area contributed by atoms with Crippen molar-refractivity contribution in [3.63, 3.8) is 0 Å². The molecule has 26 heavy (non-hydrogen) atoms. The minimum atomic E-state index is -3.43. The van der Waals surface area contributed by atoms with Crippen molar-refractivity contribution in [1.82, 2.24) is 9.62 Å². The lowest BCUT2D eigenvalue weighted by Gasteiger charge is -2.33. The molecule has 2 aliphatic rings. The molecule has 2 aliphatic heterocycles. The first-order chi connectivity index (χ1) is 12.4. The maximum absolute atomic E-state index is 12.7. The Hall–Kier alpha value is -0.480. The predicted octanol–water partition coefficient (Wildman–Crippen LogP) is 2.84. The maximum atomic E-state index is 12.7. The number of nitrogens with one attached hydrogen (secondary N) is 1. The van der Waals surface area contributed by atoms with Crippen molar-refractivity contribution in [2.45, 2.75) is 42.9 Å². The Bertz CT molecular complexity index is 723. The zero-order chi connectivity index (χ0) is 18.7. The first kappa shape index (κ1) is 20.3. The Morgan fingerprint density at radius 3 is 2.69 bits per heavy atom. The smallest absolute Gasteiger partial charge is 0.252 e. The van der Waals surface area contributed by atoms with Gasteiger partial charge >= 0.3 is 0 Å². The molecule has 1 aromatic heterocycles. The fraction of sp³-hybridized carbons (Fsp3) is 0.706. The second-order valence-corrected chi connectivity index (χ2v) is 11.6. The molecule has 1 aromatic rings.